The molecule has 0 unspecified atom stereocenters. The molecule has 5 nitrogen and oxygen atoms in total. The minimum atomic E-state index is -3.49. The third-order valence-corrected chi connectivity index (χ3v) is 7.29. The molecular formula is C18H18Cl2N2O3S2. The smallest absolute Gasteiger partial charge is 0.240 e. The van der Waals surface area contributed by atoms with E-state index in [4.69, 9.17) is 23.2 Å². The Hall–Kier alpha value is -1.25. The first-order valence-corrected chi connectivity index (χ1v) is 11.6. The van der Waals surface area contributed by atoms with E-state index in [1.165, 1.54) is 24.9 Å². The molecular weight excluding hydrogens is 427 g/mol. The monoisotopic (exact) mass is 444 g/mol. The number of nitrogens with zero attached hydrogens (tertiary/aromatic N) is 1. The standard InChI is InChI=1S/C18H18Cl2N2O3S2/c1-21-27(24,25)15-4-5-17-12(8-15)6-7-22(17)18(23)11-26-10-13-2-3-14(19)9-16(13)20/h2-5,8-9,21H,6-7,10-11H2,1H3. The van der Waals surface area contributed by atoms with Crippen LogP contribution in [0.25, 0.3) is 0 Å². The molecule has 0 fully saturated rings. The van der Waals surface area contributed by atoms with Crippen molar-refractivity contribution in [2.75, 3.05) is 24.2 Å². The highest BCUT2D eigenvalue weighted by Crippen LogP contribution is 2.31. The van der Waals surface area contributed by atoms with Crippen LogP contribution in [0.15, 0.2) is 41.3 Å². The lowest BCUT2D eigenvalue weighted by molar-refractivity contribution is -0.116. The van der Waals surface area contributed by atoms with E-state index in [0.29, 0.717) is 34.5 Å². The third-order valence-electron chi connectivity index (χ3n) is 4.32. The van der Waals surface area contributed by atoms with Gasteiger partial charge >= 0.3 is 0 Å². The molecule has 144 valence electrons. The number of anilines is 1. The maximum Gasteiger partial charge on any atom is 0.240 e. The SMILES string of the molecule is CNS(=O)(=O)c1ccc2c(c1)CCN2C(=O)CSCc1ccc(Cl)cc1Cl. The minimum Gasteiger partial charge on any atom is -0.311 e. The van der Waals surface area contributed by atoms with Gasteiger partial charge in [0.25, 0.3) is 0 Å². The Bertz CT molecular complexity index is 981. The summed E-state index contributed by atoms with van der Waals surface area (Å²) in [4.78, 5) is 14.5. The van der Waals surface area contributed by atoms with E-state index in [-0.39, 0.29) is 10.8 Å². The van der Waals surface area contributed by atoms with Crippen molar-refractivity contribution in [1.82, 2.24) is 4.72 Å². The van der Waals surface area contributed by atoms with Gasteiger partial charge in [0.2, 0.25) is 15.9 Å². The number of sulfonamides is 1. The molecule has 0 bridgehead atoms. The Balaban J connectivity index is 1.64. The summed E-state index contributed by atoms with van der Waals surface area (Å²) >= 11 is 13.5. The van der Waals surface area contributed by atoms with Crippen molar-refractivity contribution in [2.45, 2.75) is 17.1 Å². The minimum absolute atomic E-state index is 0.00643. The Morgan fingerprint density at radius 2 is 2.00 bits per heavy atom. The van der Waals surface area contributed by atoms with E-state index in [9.17, 15) is 13.2 Å². The molecule has 0 saturated carbocycles. The summed E-state index contributed by atoms with van der Waals surface area (Å²) in [7, 11) is -2.11. The van der Waals surface area contributed by atoms with Crippen LogP contribution in [0.2, 0.25) is 10.0 Å². The second-order valence-corrected chi connectivity index (χ2v) is 9.74. The number of nitrogens with one attached hydrogen (secondary N) is 1. The molecule has 9 heteroatoms. The molecule has 0 radical (unpaired) electrons. The van der Waals surface area contributed by atoms with Gasteiger partial charge in [-0.1, -0.05) is 29.3 Å². The highest BCUT2D eigenvalue weighted by atomic mass is 35.5. The van der Waals surface area contributed by atoms with E-state index in [0.717, 1.165) is 16.8 Å². The summed E-state index contributed by atoms with van der Waals surface area (Å²) in [5, 5.41) is 1.17. The van der Waals surface area contributed by atoms with Gasteiger partial charge in [0.1, 0.15) is 0 Å². The number of benzene rings is 2. The first-order valence-electron chi connectivity index (χ1n) is 8.20. The first kappa shape index (κ1) is 20.5. The van der Waals surface area contributed by atoms with E-state index >= 15 is 0 Å². The zero-order chi connectivity index (χ0) is 19.6. The quantitative estimate of drug-likeness (QED) is 0.736. The lowest BCUT2D eigenvalue weighted by Gasteiger charge is -2.17. The molecule has 2 aromatic rings. The van der Waals surface area contributed by atoms with Gasteiger partial charge in [0.15, 0.2) is 0 Å². The van der Waals surface area contributed by atoms with Gasteiger partial charge in [0.05, 0.1) is 10.6 Å². The Morgan fingerprint density at radius 1 is 1.22 bits per heavy atom. The summed E-state index contributed by atoms with van der Waals surface area (Å²) in [6, 6.07) is 10.2. The number of hydrogen-bond acceptors (Lipinski definition) is 4. The number of carbonyl (C=O) groups excluding carboxylic acids is 1. The van der Waals surface area contributed by atoms with Crippen molar-refractivity contribution < 1.29 is 13.2 Å². The van der Waals surface area contributed by atoms with Crippen LogP contribution >= 0.6 is 35.0 Å². The predicted molar refractivity (Wildman–Crippen MR) is 111 cm³/mol. The van der Waals surface area contributed by atoms with Crippen LogP contribution in [0.3, 0.4) is 0 Å². The molecule has 2 aromatic carbocycles. The second kappa shape index (κ2) is 8.41. The van der Waals surface area contributed by atoms with Gasteiger partial charge in [-0.05, 0) is 54.9 Å². The number of fused-ring (bicyclic) bond motifs is 1. The number of carbonyl (C=O) groups is 1. The van der Waals surface area contributed by atoms with Crippen LogP contribution < -0.4 is 9.62 Å². The van der Waals surface area contributed by atoms with Gasteiger partial charge in [-0.2, -0.15) is 0 Å². The van der Waals surface area contributed by atoms with Crippen molar-refractivity contribution in [3.8, 4) is 0 Å². The molecule has 1 aliphatic heterocycles. The third kappa shape index (κ3) is 4.60. The number of rotatable bonds is 6. The second-order valence-electron chi connectivity index (χ2n) is 6.02. The molecule has 1 amide bonds. The molecule has 0 saturated heterocycles. The Kier molecular flexibility index (Phi) is 6.38. The van der Waals surface area contributed by atoms with Gasteiger partial charge in [-0.25, -0.2) is 13.1 Å². The number of hydrogen-bond donors (Lipinski definition) is 1. The summed E-state index contributed by atoms with van der Waals surface area (Å²) in [5.74, 6) is 0.921. The summed E-state index contributed by atoms with van der Waals surface area (Å²) in [6.45, 7) is 0.555. The largest absolute Gasteiger partial charge is 0.311 e. The number of amides is 1. The molecule has 1 heterocycles. The highest BCUT2D eigenvalue weighted by Gasteiger charge is 2.26. The Morgan fingerprint density at radius 3 is 2.70 bits per heavy atom. The fraction of sp³-hybridized carbons (Fsp3) is 0.278. The van der Waals surface area contributed by atoms with Crippen LogP contribution in [-0.4, -0.2) is 33.7 Å². The molecule has 1 N–H and O–H groups in total. The van der Waals surface area contributed by atoms with E-state index in [1.807, 2.05) is 6.07 Å². The van der Waals surface area contributed by atoms with Crippen molar-refractivity contribution in [2.24, 2.45) is 0 Å². The number of halogens is 2. The Labute approximate surface area is 173 Å². The molecule has 0 atom stereocenters. The molecule has 0 spiro atoms. The topological polar surface area (TPSA) is 66.5 Å². The van der Waals surface area contributed by atoms with E-state index in [2.05, 4.69) is 4.72 Å². The van der Waals surface area contributed by atoms with Crippen LogP contribution in [0.4, 0.5) is 5.69 Å². The van der Waals surface area contributed by atoms with Crippen LogP contribution in [0, 0.1) is 0 Å². The molecule has 1 aliphatic rings. The fourth-order valence-corrected chi connectivity index (χ4v) is 5.13. The first-order chi connectivity index (χ1) is 12.8. The zero-order valence-electron chi connectivity index (χ0n) is 14.5. The molecule has 0 aromatic heterocycles. The van der Waals surface area contributed by atoms with Gasteiger partial charge in [-0.3, -0.25) is 4.79 Å². The van der Waals surface area contributed by atoms with Gasteiger partial charge in [0, 0.05) is 28.0 Å². The summed E-state index contributed by atoms with van der Waals surface area (Å²) < 4.78 is 26.2. The molecule has 3 rings (SSSR count). The van der Waals surface area contributed by atoms with Crippen LogP contribution in [-0.2, 0) is 27.0 Å². The lowest BCUT2D eigenvalue weighted by atomic mass is 10.2. The van der Waals surface area contributed by atoms with Gasteiger partial charge in [-0.15, -0.1) is 11.8 Å². The van der Waals surface area contributed by atoms with E-state index in [1.54, 1.807) is 29.2 Å². The van der Waals surface area contributed by atoms with Crippen molar-refractivity contribution in [3.05, 3.63) is 57.6 Å². The summed E-state index contributed by atoms with van der Waals surface area (Å²) in [6.07, 6.45) is 0.641. The van der Waals surface area contributed by atoms with Crippen LogP contribution in [0.1, 0.15) is 11.1 Å². The van der Waals surface area contributed by atoms with Crippen molar-refractivity contribution in [1.29, 1.82) is 0 Å². The number of thioether (sulfide) groups is 1. The normalized spacial score (nSPS) is 13.7. The predicted octanol–water partition coefficient (Wildman–Crippen LogP) is 3.72. The van der Waals surface area contributed by atoms with Crippen LogP contribution in [0.5, 0.6) is 0 Å². The molecule has 27 heavy (non-hydrogen) atoms. The average molecular weight is 445 g/mol. The highest BCUT2D eigenvalue weighted by molar-refractivity contribution is 7.99. The van der Waals surface area contributed by atoms with E-state index < -0.39 is 10.0 Å². The summed E-state index contributed by atoms with van der Waals surface area (Å²) in [5.41, 5.74) is 2.58. The zero-order valence-corrected chi connectivity index (χ0v) is 17.7. The average Bonchev–Trinajstić information content (AvgIpc) is 3.06. The van der Waals surface area contributed by atoms with Gasteiger partial charge < -0.3 is 4.90 Å². The maximum atomic E-state index is 12.6. The lowest BCUT2D eigenvalue weighted by Crippen LogP contribution is -2.30. The molecule has 0 aliphatic carbocycles. The van der Waals surface area contributed by atoms with Crippen molar-refractivity contribution >= 4 is 56.6 Å². The fourth-order valence-electron chi connectivity index (χ4n) is 2.89. The van der Waals surface area contributed by atoms with Crippen molar-refractivity contribution in [3.63, 3.8) is 0 Å². The maximum absolute atomic E-state index is 12.6.